The molecule has 0 N–H and O–H groups in total. The van der Waals surface area contributed by atoms with Crippen molar-refractivity contribution in [3.63, 3.8) is 0 Å². The summed E-state index contributed by atoms with van der Waals surface area (Å²) in [6.07, 6.45) is 1.76. The first-order valence-corrected chi connectivity index (χ1v) is 12.2. The van der Waals surface area contributed by atoms with E-state index >= 15 is 0 Å². The number of hydrogen-bond donors (Lipinski definition) is 0. The van der Waals surface area contributed by atoms with Gasteiger partial charge in [0.25, 0.3) is 0 Å². The molecule has 0 aliphatic heterocycles. The van der Waals surface area contributed by atoms with Crippen LogP contribution in [0.2, 0.25) is 25.7 Å². The van der Waals surface area contributed by atoms with Crippen LogP contribution in [0.4, 0.5) is 0 Å². The van der Waals surface area contributed by atoms with Crippen LogP contribution in [0.15, 0.2) is 23.3 Å². The van der Waals surface area contributed by atoms with Crippen LogP contribution in [0.5, 0.6) is 0 Å². The van der Waals surface area contributed by atoms with E-state index in [0.29, 0.717) is 24.8 Å². The Balaban J connectivity index is 2.21. The van der Waals surface area contributed by atoms with Crippen LogP contribution in [0.3, 0.4) is 0 Å². The van der Waals surface area contributed by atoms with E-state index in [1.54, 1.807) is 10.9 Å². The van der Waals surface area contributed by atoms with Crippen molar-refractivity contribution in [1.82, 2.24) is 14.8 Å². The molecule has 2 heterocycles. The van der Waals surface area contributed by atoms with E-state index in [4.69, 9.17) is 9.47 Å². The monoisotopic (exact) mass is 397 g/mol. The normalized spacial score (nSPS) is 11.9. The SMILES string of the molecule is C=C(OCC)c1nn(COCC[Si](C)(C)C)c2ncc(Br)cc12. The molecule has 0 saturated heterocycles. The molecule has 5 nitrogen and oxygen atoms in total. The fourth-order valence-electron chi connectivity index (χ4n) is 2.10. The van der Waals surface area contributed by atoms with Gasteiger partial charge in [0, 0.05) is 25.4 Å². The lowest BCUT2D eigenvalue weighted by molar-refractivity contribution is 0.0810. The number of rotatable bonds is 8. The number of nitrogens with zero attached hydrogens (tertiary/aromatic N) is 3. The molecule has 126 valence electrons. The molecule has 0 bridgehead atoms. The van der Waals surface area contributed by atoms with Crippen molar-refractivity contribution in [2.24, 2.45) is 0 Å². The van der Waals surface area contributed by atoms with Gasteiger partial charge >= 0.3 is 0 Å². The second kappa shape index (κ2) is 7.59. The van der Waals surface area contributed by atoms with Gasteiger partial charge in [-0.3, -0.25) is 0 Å². The third-order valence-electron chi connectivity index (χ3n) is 3.35. The molecule has 0 aliphatic carbocycles. The van der Waals surface area contributed by atoms with Crippen LogP contribution < -0.4 is 0 Å². The van der Waals surface area contributed by atoms with Crippen LogP contribution in [0.1, 0.15) is 12.6 Å². The second-order valence-corrected chi connectivity index (χ2v) is 13.1. The maximum Gasteiger partial charge on any atom is 0.161 e. The van der Waals surface area contributed by atoms with Crippen molar-refractivity contribution in [3.8, 4) is 0 Å². The van der Waals surface area contributed by atoms with E-state index in [-0.39, 0.29) is 0 Å². The van der Waals surface area contributed by atoms with Crippen molar-refractivity contribution < 1.29 is 9.47 Å². The smallest absolute Gasteiger partial charge is 0.161 e. The quantitative estimate of drug-likeness (QED) is 0.373. The minimum Gasteiger partial charge on any atom is -0.492 e. The lowest BCUT2D eigenvalue weighted by Crippen LogP contribution is -2.22. The van der Waals surface area contributed by atoms with Gasteiger partial charge < -0.3 is 9.47 Å². The van der Waals surface area contributed by atoms with Gasteiger partial charge in [-0.05, 0) is 35.0 Å². The summed E-state index contributed by atoms with van der Waals surface area (Å²) in [5.41, 5.74) is 1.49. The maximum atomic E-state index is 5.80. The van der Waals surface area contributed by atoms with Crippen LogP contribution in [0, 0.1) is 0 Å². The molecule has 7 heteroatoms. The zero-order valence-electron chi connectivity index (χ0n) is 14.2. The van der Waals surface area contributed by atoms with Crippen LogP contribution >= 0.6 is 15.9 Å². The summed E-state index contributed by atoms with van der Waals surface area (Å²) >= 11 is 3.45. The summed E-state index contributed by atoms with van der Waals surface area (Å²) in [5, 5.41) is 5.49. The van der Waals surface area contributed by atoms with E-state index in [1.165, 1.54) is 0 Å². The molecule has 0 aliphatic rings. The summed E-state index contributed by atoms with van der Waals surface area (Å²) in [6.45, 7) is 14.6. The molecule has 23 heavy (non-hydrogen) atoms. The summed E-state index contributed by atoms with van der Waals surface area (Å²) in [5.74, 6) is 0.554. The highest BCUT2D eigenvalue weighted by Crippen LogP contribution is 2.26. The van der Waals surface area contributed by atoms with E-state index in [9.17, 15) is 0 Å². The van der Waals surface area contributed by atoms with Crippen molar-refractivity contribution >= 4 is 40.8 Å². The molecule has 0 saturated carbocycles. The summed E-state index contributed by atoms with van der Waals surface area (Å²) in [6, 6.07) is 3.11. The topological polar surface area (TPSA) is 49.2 Å². The first-order chi connectivity index (χ1) is 10.8. The van der Waals surface area contributed by atoms with Crippen molar-refractivity contribution in [3.05, 3.63) is 29.0 Å². The fraction of sp³-hybridized carbons (Fsp3) is 0.500. The molecule has 0 spiro atoms. The molecular weight excluding hydrogens is 374 g/mol. The highest BCUT2D eigenvalue weighted by atomic mass is 79.9. The average Bonchev–Trinajstić information content (AvgIpc) is 2.81. The average molecular weight is 398 g/mol. The molecule has 2 aromatic heterocycles. The van der Waals surface area contributed by atoms with Gasteiger partial charge in [0.2, 0.25) is 0 Å². The molecule has 0 atom stereocenters. The molecule has 0 fully saturated rings. The Morgan fingerprint density at radius 1 is 1.39 bits per heavy atom. The highest BCUT2D eigenvalue weighted by molar-refractivity contribution is 9.10. The third-order valence-corrected chi connectivity index (χ3v) is 5.48. The number of hydrogen-bond acceptors (Lipinski definition) is 4. The predicted molar refractivity (Wildman–Crippen MR) is 100.0 cm³/mol. The Labute approximate surface area is 146 Å². The molecule has 0 unspecified atom stereocenters. The van der Waals surface area contributed by atoms with Gasteiger partial charge in [0.05, 0.1) is 12.0 Å². The molecule has 0 aromatic carbocycles. The van der Waals surface area contributed by atoms with Gasteiger partial charge in [0.1, 0.15) is 18.2 Å². The number of aromatic nitrogens is 3. The minimum atomic E-state index is -1.09. The Bertz CT molecular complexity index is 694. The van der Waals surface area contributed by atoms with Crippen LogP contribution in [-0.4, -0.2) is 36.1 Å². The lowest BCUT2D eigenvalue weighted by Gasteiger charge is -2.15. The predicted octanol–water partition coefficient (Wildman–Crippen LogP) is 4.51. The molecule has 2 aromatic rings. The van der Waals surface area contributed by atoms with E-state index in [1.807, 2.05) is 13.0 Å². The zero-order valence-corrected chi connectivity index (χ0v) is 16.8. The fourth-order valence-corrected chi connectivity index (χ4v) is 3.19. The van der Waals surface area contributed by atoms with Gasteiger partial charge in [-0.25, -0.2) is 9.67 Å². The molecule has 0 amide bonds. The minimum absolute atomic E-state index is 0.384. The Kier molecular flexibility index (Phi) is 5.99. The number of pyridine rings is 1. The van der Waals surface area contributed by atoms with Crippen molar-refractivity contribution in [2.45, 2.75) is 39.3 Å². The first-order valence-electron chi connectivity index (χ1n) is 7.73. The number of fused-ring (bicyclic) bond motifs is 1. The van der Waals surface area contributed by atoms with Crippen molar-refractivity contribution in [1.29, 1.82) is 0 Å². The number of halogens is 1. The molecule has 2 rings (SSSR count). The highest BCUT2D eigenvalue weighted by Gasteiger charge is 2.16. The largest absolute Gasteiger partial charge is 0.492 e. The third kappa shape index (κ3) is 4.89. The van der Waals surface area contributed by atoms with Crippen LogP contribution in [-0.2, 0) is 16.2 Å². The Morgan fingerprint density at radius 2 is 2.13 bits per heavy atom. The van der Waals surface area contributed by atoms with E-state index < -0.39 is 8.07 Å². The van der Waals surface area contributed by atoms with Gasteiger partial charge in [0.15, 0.2) is 5.65 Å². The maximum absolute atomic E-state index is 5.80. The Hall–Kier alpha value is -1.18. The van der Waals surface area contributed by atoms with Gasteiger partial charge in [-0.1, -0.05) is 26.2 Å². The summed E-state index contributed by atoms with van der Waals surface area (Å²) < 4.78 is 14.0. The van der Waals surface area contributed by atoms with E-state index in [2.05, 4.69) is 52.2 Å². The van der Waals surface area contributed by atoms with Crippen molar-refractivity contribution in [2.75, 3.05) is 13.2 Å². The van der Waals surface area contributed by atoms with Gasteiger partial charge in [-0.2, -0.15) is 5.10 Å². The Morgan fingerprint density at radius 3 is 2.78 bits per heavy atom. The van der Waals surface area contributed by atoms with Crippen LogP contribution in [0.25, 0.3) is 16.8 Å². The van der Waals surface area contributed by atoms with Gasteiger partial charge in [-0.15, -0.1) is 0 Å². The summed E-state index contributed by atoms with van der Waals surface area (Å²) in [7, 11) is -1.09. The second-order valence-electron chi connectivity index (χ2n) is 6.58. The molecule has 0 radical (unpaired) electrons. The number of ether oxygens (including phenoxy) is 2. The first kappa shape index (κ1) is 18.2. The summed E-state index contributed by atoms with van der Waals surface area (Å²) in [4.78, 5) is 4.46. The molecular formula is C16H24BrN3O2Si. The zero-order chi connectivity index (χ0) is 17.0. The van der Waals surface area contributed by atoms with E-state index in [0.717, 1.165) is 28.2 Å². The lowest BCUT2D eigenvalue weighted by atomic mass is 10.2. The standard InChI is InChI=1S/C16H24BrN3O2Si/c1-6-22-12(2)15-14-9-13(17)10-18-16(14)20(19-15)11-21-7-8-23(3,4)5/h9-10H,2,6-8,11H2,1,3-5H3.